The van der Waals surface area contributed by atoms with Crippen molar-refractivity contribution < 1.29 is 19.5 Å². The number of carboxylic acid groups (broad SMARTS) is 1. The van der Waals surface area contributed by atoms with Crippen LogP contribution in [-0.4, -0.2) is 65.5 Å². The summed E-state index contributed by atoms with van der Waals surface area (Å²) in [5.74, 6) is -1.09. The first-order chi connectivity index (χ1) is 9.84. The lowest BCUT2D eigenvalue weighted by atomic mass is 9.82. The van der Waals surface area contributed by atoms with Gasteiger partial charge in [-0.25, -0.2) is 4.79 Å². The van der Waals surface area contributed by atoms with E-state index in [1.807, 2.05) is 6.92 Å². The molecule has 0 aromatic rings. The van der Waals surface area contributed by atoms with Gasteiger partial charge in [-0.15, -0.1) is 0 Å². The lowest BCUT2D eigenvalue weighted by Crippen LogP contribution is -2.54. The lowest BCUT2D eigenvalue weighted by molar-refractivity contribution is -0.150. The molecule has 7 heteroatoms. The molecule has 1 aliphatic heterocycles. The summed E-state index contributed by atoms with van der Waals surface area (Å²) in [7, 11) is 0. The van der Waals surface area contributed by atoms with Crippen molar-refractivity contribution in [2.45, 2.75) is 33.6 Å². The summed E-state index contributed by atoms with van der Waals surface area (Å²) in [6.45, 7) is 6.94. The van der Waals surface area contributed by atoms with Gasteiger partial charge in [0.2, 0.25) is 5.91 Å². The summed E-state index contributed by atoms with van der Waals surface area (Å²) in [6, 6.07) is -0.268. The fraction of sp³-hybridized carbons (Fsp3) is 0.786. The van der Waals surface area contributed by atoms with Gasteiger partial charge < -0.3 is 20.2 Å². The lowest BCUT2D eigenvalue weighted by Gasteiger charge is -2.39. The van der Waals surface area contributed by atoms with Crippen LogP contribution in [0.25, 0.3) is 0 Å². The monoisotopic (exact) mass is 299 g/mol. The average Bonchev–Trinajstić information content (AvgIpc) is 2.44. The molecule has 120 valence electrons. The number of aliphatic carboxylic acids is 1. The smallest absolute Gasteiger partial charge is 0.320 e. The van der Waals surface area contributed by atoms with E-state index in [4.69, 9.17) is 0 Å². The van der Waals surface area contributed by atoms with Crippen molar-refractivity contribution in [2.75, 3.05) is 32.7 Å². The van der Waals surface area contributed by atoms with Crippen molar-refractivity contribution in [3.05, 3.63) is 0 Å². The molecule has 1 fully saturated rings. The van der Waals surface area contributed by atoms with Gasteiger partial charge in [0.25, 0.3) is 0 Å². The number of carboxylic acids is 1. The quantitative estimate of drug-likeness (QED) is 0.784. The number of likely N-dealkylation sites (N-methyl/N-ethyl adjacent to an activating group) is 2. The summed E-state index contributed by atoms with van der Waals surface area (Å²) < 4.78 is 0. The largest absolute Gasteiger partial charge is 0.481 e. The predicted octanol–water partition coefficient (Wildman–Crippen LogP) is 0.751. The van der Waals surface area contributed by atoms with Crippen molar-refractivity contribution >= 4 is 17.9 Å². The van der Waals surface area contributed by atoms with Crippen LogP contribution in [0.4, 0.5) is 4.79 Å². The third kappa shape index (κ3) is 4.34. The van der Waals surface area contributed by atoms with Crippen molar-refractivity contribution in [3.63, 3.8) is 0 Å². The number of carbonyl (C=O) groups is 3. The van der Waals surface area contributed by atoms with E-state index in [0.717, 1.165) is 0 Å². The number of rotatable bonds is 5. The average molecular weight is 299 g/mol. The zero-order valence-corrected chi connectivity index (χ0v) is 13.0. The van der Waals surface area contributed by atoms with E-state index in [9.17, 15) is 19.5 Å². The first-order valence-corrected chi connectivity index (χ1v) is 7.38. The Morgan fingerprint density at radius 1 is 1.33 bits per heavy atom. The Morgan fingerprint density at radius 2 is 2.00 bits per heavy atom. The summed E-state index contributed by atoms with van der Waals surface area (Å²) >= 11 is 0. The Hall–Kier alpha value is -1.79. The number of nitrogens with zero attached hydrogens (tertiary/aromatic N) is 2. The molecule has 0 aliphatic carbocycles. The van der Waals surface area contributed by atoms with Gasteiger partial charge in [-0.1, -0.05) is 0 Å². The van der Waals surface area contributed by atoms with Crippen molar-refractivity contribution in [2.24, 2.45) is 5.41 Å². The number of nitrogens with one attached hydrogen (secondary N) is 1. The maximum Gasteiger partial charge on any atom is 0.320 e. The Morgan fingerprint density at radius 3 is 2.52 bits per heavy atom. The van der Waals surface area contributed by atoms with Crippen LogP contribution in [0.1, 0.15) is 33.6 Å². The van der Waals surface area contributed by atoms with Gasteiger partial charge in [-0.2, -0.15) is 0 Å². The number of urea groups is 1. The first kappa shape index (κ1) is 17.3. The third-order valence-electron chi connectivity index (χ3n) is 3.84. The summed E-state index contributed by atoms with van der Waals surface area (Å²) in [4.78, 5) is 38.4. The van der Waals surface area contributed by atoms with Crippen LogP contribution < -0.4 is 5.32 Å². The van der Waals surface area contributed by atoms with Crippen molar-refractivity contribution in [1.29, 1.82) is 0 Å². The Bertz CT molecular complexity index is 413. The van der Waals surface area contributed by atoms with Gasteiger partial charge in [-0.05, 0) is 33.6 Å². The number of carbonyl (C=O) groups excluding carboxylic acids is 2. The zero-order chi connectivity index (χ0) is 16.0. The van der Waals surface area contributed by atoms with Crippen LogP contribution in [0.3, 0.4) is 0 Å². The highest BCUT2D eigenvalue weighted by atomic mass is 16.4. The number of piperidine rings is 1. The van der Waals surface area contributed by atoms with Crippen LogP contribution in [0.5, 0.6) is 0 Å². The molecule has 7 nitrogen and oxygen atoms in total. The summed E-state index contributed by atoms with van der Waals surface area (Å²) in [5.41, 5.74) is -0.904. The first-order valence-electron chi connectivity index (χ1n) is 7.38. The molecule has 1 rings (SSSR count). The molecule has 1 atom stereocenters. The molecule has 1 unspecified atom stereocenters. The fourth-order valence-corrected chi connectivity index (χ4v) is 2.52. The van der Waals surface area contributed by atoms with E-state index < -0.39 is 11.4 Å². The molecule has 2 N–H and O–H groups in total. The molecule has 0 saturated carbocycles. The van der Waals surface area contributed by atoms with Crippen molar-refractivity contribution in [1.82, 2.24) is 15.1 Å². The van der Waals surface area contributed by atoms with Crippen LogP contribution in [0, 0.1) is 5.41 Å². The molecule has 3 amide bonds. The van der Waals surface area contributed by atoms with Gasteiger partial charge in [0.05, 0.1) is 5.41 Å². The number of amides is 3. The molecule has 1 aliphatic rings. The highest BCUT2D eigenvalue weighted by Crippen LogP contribution is 2.30. The molecule has 0 spiro atoms. The van der Waals surface area contributed by atoms with Crippen LogP contribution in [-0.2, 0) is 9.59 Å². The number of hydrogen-bond donors (Lipinski definition) is 2. The second kappa shape index (κ2) is 7.28. The highest BCUT2D eigenvalue weighted by molar-refractivity contribution is 5.84. The fourth-order valence-electron chi connectivity index (χ4n) is 2.52. The van der Waals surface area contributed by atoms with Gasteiger partial charge in [0, 0.05) is 26.2 Å². The molecule has 0 radical (unpaired) electrons. The maximum absolute atomic E-state index is 12.5. The molecule has 0 bridgehead atoms. The standard InChI is InChI=1S/C14H25N3O4/c1-4-15-11(18)9-16(5-2)13(21)17-8-6-7-14(3,10-17)12(19)20/h4-10H2,1-3H3,(H,15,18)(H,19,20). The van der Waals surface area contributed by atoms with E-state index in [2.05, 4.69) is 5.32 Å². The van der Waals surface area contributed by atoms with Gasteiger partial charge in [0.15, 0.2) is 0 Å². The third-order valence-corrected chi connectivity index (χ3v) is 3.84. The molecule has 0 aromatic heterocycles. The topological polar surface area (TPSA) is 90.0 Å². The van der Waals surface area contributed by atoms with E-state index in [1.165, 1.54) is 4.90 Å². The molecule has 0 aromatic carbocycles. The SMILES string of the molecule is CCNC(=O)CN(CC)C(=O)N1CCCC(C)(C(=O)O)C1. The highest BCUT2D eigenvalue weighted by Gasteiger charge is 2.40. The molecule has 21 heavy (non-hydrogen) atoms. The second-order valence-corrected chi connectivity index (χ2v) is 5.64. The number of likely N-dealkylation sites (tertiary alicyclic amines) is 1. The predicted molar refractivity (Wildman–Crippen MR) is 77.9 cm³/mol. The Kier molecular flexibility index (Phi) is 5.99. The minimum atomic E-state index is -0.904. The maximum atomic E-state index is 12.5. The molecular formula is C14H25N3O4. The van der Waals surface area contributed by atoms with Gasteiger partial charge >= 0.3 is 12.0 Å². The minimum Gasteiger partial charge on any atom is -0.481 e. The summed E-state index contributed by atoms with van der Waals surface area (Å²) in [6.07, 6.45) is 1.22. The Balaban J connectivity index is 2.71. The number of hydrogen-bond acceptors (Lipinski definition) is 3. The minimum absolute atomic E-state index is 0.00343. The van der Waals surface area contributed by atoms with Gasteiger partial charge in [-0.3, -0.25) is 9.59 Å². The zero-order valence-electron chi connectivity index (χ0n) is 13.0. The van der Waals surface area contributed by atoms with E-state index in [0.29, 0.717) is 32.5 Å². The van der Waals surface area contributed by atoms with Crippen LogP contribution >= 0.6 is 0 Å². The van der Waals surface area contributed by atoms with Crippen LogP contribution in [0.2, 0.25) is 0 Å². The Labute approximate surface area is 125 Å². The van der Waals surface area contributed by atoms with E-state index in [-0.39, 0.29) is 25.0 Å². The van der Waals surface area contributed by atoms with E-state index in [1.54, 1.807) is 18.7 Å². The van der Waals surface area contributed by atoms with Crippen LogP contribution in [0.15, 0.2) is 0 Å². The molecular weight excluding hydrogens is 274 g/mol. The van der Waals surface area contributed by atoms with E-state index >= 15 is 0 Å². The second-order valence-electron chi connectivity index (χ2n) is 5.64. The molecule has 1 saturated heterocycles. The van der Waals surface area contributed by atoms with Crippen molar-refractivity contribution in [3.8, 4) is 0 Å². The normalized spacial score (nSPS) is 21.8. The van der Waals surface area contributed by atoms with Gasteiger partial charge in [0.1, 0.15) is 6.54 Å². The molecule has 1 heterocycles. The summed E-state index contributed by atoms with van der Waals surface area (Å²) in [5, 5.41) is 11.9.